The molecule has 1 aromatic rings. The van der Waals surface area contributed by atoms with E-state index in [4.69, 9.17) is 11.6 Å². The highest BCUT2D eigenvalue weighted by atomic mass is 35.5. The second kappa shape index (κ2) is 4.70. The Hall–Kier alpha value is -2.14. The number of nitrogens with one attached hydrogen (secondary N) is 1. The SMILES string of the molecule is O=C(NN1C(=O)[C@@H]2[C@H]3C=C[C@@H]([C@@H]4C[C@H]34)[C@@H]2C1=O)c1cccc(Cl)c1. The van der Waals surface area contributed by atoms with E-state index in [9.17, 15) is 14.4 Å². The van der Waals surface area contributed by atoms with Crippen molar-refractivity contribution in [3.05, 3.63) is 47.0 Å². The molecular weight excluding hydrogens is 328 g/mol. The van der Waals surface area contributed by atoms with Gasteiger partial charge in [-0.25, -0.2) is 0 Å². The average molecular weight is 343 g/mol. The summed E-state index contributed by atoms with van der Waals surface area (Å²) >= 11 is 5.89. The second-order valence-electron chi connectivity index (χ2n) is 7.12. The molecule has 3 amide bonds. The van der Waals surface area contributed by atoms with Crippen molar-refractivity contribution in [2.24, 2.45) is 35.5 Å². The third-order valence-corrected chi connectivity index (χ3v) is 6.20. The minimum absolute atomic E-state index is 0.148. The number of rotatable bonds is 2. The highest BCUT2D eigenvalue weighted by Gasteiger charge is 2.67. The van der Waals surface area contributed by atoms with E-state index in [1.54, 1.807) is 18.2 Å². The Bertz CT molecular complexity index is 784. The predicted molar refractivity (Wildman–Crippen MR) is 85.5 cm³/mol. The van der Waals surface area contributed by atoms with Gasteiger partial charge in [-0.1, -0.05) is 29.8 Å². The zero-order valence-corrected chi connectivity index (χ0v) is 13.4. The fraction of sp³-hybridized carbons (Fsp3) is 0.389. The van der Waals surface area contributed by atoms with Crippen molar-refractivity contribution in [1.82, 2.24) is 10.4 Å². The Balaban J connectivity index is 1.41. The first-order valence-electron chi connectivity index (χ1n) is 8.19. The largest absolute Gasteiger partial charge is 0.272 e. The summed E-state index contributed by atoms with van der Waals surface area (Å²) in [6.45, 7) is 0. The molecule has 0 aromatic heterocycles. The van der Waals surface area contributed by atoms with Gasteiger partial charge in [0.05, 0.1) is 11.8 Å². The number of carbonyl (C=O) groups excluding carboxylic acids is 3. The third kappa shape index (κ3) is 1.79. The van der Waals surface area contributed by atoms with Crippen molar-refractivity contribution in [3.63, 3.8) is 0 Å². The summed E-state index contributed by atoms with van der Waals surface area (Å²) in [5.74, 6) is -0.280. The summed E-state index contributed by atoms with van der Waals surface area (Å²) < 4.78 is 0. The molecule has 0 unspecified atom stereocenters. The standard InChI is InChI=1S/C18H15ClN2O3/c19-9-3-1-2-8(6-9)16(22)20-21-17(23)14-10-4-5-11(13-7-12(10)13)15(14)18(21)24/h1-6,10-15H,7H2,(H,20,22)/t10-,11-,12-,13+,14-,15+/m0/s1. The van der Waals surface area contributed by atoms with Crippen LogP contribution in [0.4, 0.5) is 0 Å². The molecule has 0 radical (unpaired) electrons. The van der Waals surface area contributed by atoms with Crippen LogP contribution < -0.4 is 5.43 Å². The van der Waals surface area contributed by atoms with Crippen LogP contribution in [0.5, 0.6) is 0 Å². The molecule has 6 heteroatoms. The van der Waals surface area contributed by atoms with Crippen LogP contribution in [0.15, 0.2) is 36.4 Å². The molecule has 2 bridgehead atoms. The molecule has 1 aliphatic heterocycles. The van der Waals surface area contributed by atoms with Gasteiger partial charge in [-0.05, 0) is 48.3 Å². The zero-order valence-electron chi connectivity index (χ0n) is 12.7. The van der Waals surface area contributed by atoms with E-state index in [2.05, 4.69) is 17.6 Å². The topological polar surface area (TPSA) is 66.5 Å². The van der Waals surface area contributed by atoms with Crippen molar-refractivity contribution in [2.45, 2.75) is 6.42 Å². The Kier molecular flexibility index (Phi) is 2.78. The highest BCUT2D eigenvalue weighted by molar-refractivity contribution is 6.31. The molecule has 4 aliphatic carbocycles. The summed E-state index contributed by atoms with van der Waals surface area (Å²) in [5.41, 5.74) is 2.81. The van der Waals surface area contributed by atoms with Crippen molar-refractivity contribution in [3.8, 4) is 0 Å². The van der Waals surface area contributed by atoms with Crippen LogP contribution in [0.1, 0.15) is 16.8 Å². The normalized spacial score (nSPS) is 38.1. The molecular formula is C18H15ClN2O3. The molecule has 0 spiro atoms. The maximum atomic E-state index is 12.8. The number of carbonyl (C=O) groups is 3. The minimum atomic E-state index is -0.497. The number of nitrogens with zero attached hydrogens (tertiary/aromatic N) is 1. The summed E-state index contributed by atoms with van der Waals surface area (Å²) in [6, 6.07) is 6.42. The minimum Gasteiger partial charge on any atom is -0.272 e. The molecule has 1 saturated heterocycles. The number of hydrogen-bond acceptors (Lipinski definition) is 3. The Morgan fingerprint density at radius 3 is 2.29 bits per heavy atom. The van der Waals surface area contributed by atoms with Crippen LogP contribution in [0.3, 0.4) is 0 Å². The highest BCUT2D eigenvalue weighted by Crippen LogP contribution is 2.65. The van der Waals surface area contributed by atoms with Gasteiger partial charge in [-0.15, -0.1) is 0 Å². The summed E-state index contributed by atoms with van der Waals surface area (Å²) in [5, 5.41) is 1.37. The quantitative estimate of drug-likeness (QED) is 0.660. The lowest BCUT2D eigenvalue weighted by Crippen LogP contribution is -2.46. The van der Waals surface area contributed by atoms with Gasteiger partial charge in [0.15, 0.2) is 0 Å². The monoisotopic (exact) mass is 342 g/mol. The first kappa shape index (κ1) is 14.2. The number of halogens is 1. The maximum absolute atomic E-state index is 12.8. The number of hydrogen-bond donors (Lipinski definition) is 1. The van der Waals surface area contributed by atoms with E-state index in [1.807, 2.05) is 0 Å². The van der Waals surface area contributed by atoms with Gasteiger partial charge < -0.3 is 0 Å². The van der Waals surface area contributed by atoms with Crippen LogP contribution in [0, 0.1) is 35.5 Å². The van der Waals surface area contributed by atoms with E-state index < -0.39 is 5.91 Å². The van der Waals surface area contributed by atoms with Gasteiger partial charge in [0, 0.05) is 10.6 Å². The van der Waals surface area contributed by atoms with Gasteiger partial charge in [0.1, 0.15) is 0 Å². The first-order valence-corrected chi connectivity index (χ1v) is 8.57. The van der Waals surface area contributed by atoms with E-state index in [0.29, 0.717) is 22.4 Å². The van der Waals surface area contributed by atoms with Crippen LogP contribution in [0.25, 0.3) is 0 Å². The van der Waals surface area contributed by atoms with Gasteiger partial charge in [0.25, 0.3) is 17.7 Å². The summed E-state index contributed by atoms with van der Waals surface area (Å²) in [4.78, 5) is 37.9. The van der Waals surface area contributed by atoms with Gasteiger partial charge in [-0.3, -0.25) is 19.8 Å². The van der Waals surface area contributed by atoms with Crippen LogP contribution in [0.2, 0.25) is 5.02 Å². The molecule has 1 aromatic carbocycles. The third-order valence-electron chi connectivity index (χ3n) is 5.96. The molecule has 1 N–H and O–H groups in total. The van der Waals surface area contributed by atoms with Crippen LogP contribution >= 0.6 is 11.6 Å². The molecule has 3 fully saturated rings. The Morgan fingerprint density at radius 2 is 1.71 bits per heavy atom. The molecule has 5 aliphatic rings. The second-order valence-corrected chi connectivity index (χ2v) is 7.55. The Labute approximate surface area is 143 Å². The van der Waals surface area contributed by atoms with E-state index in [1.165, 1.54) is 6.07 Å². The molecule has 5 nitrogen and oxygen atoms in total. The lowest BCUT2D eigenvalue weighted by molar-refractivity contribution is -0.143. The molecule has 2 saturated carbocycles. The fourth-order valence-corrected chi connectivity index (χ4v) is 5.05. The van der Waals surface area contributed by atoms with Gasteiger partial charge in [0.2, 0.25) is 0 Å². The Morgan fingerprint density at radius 1 is 1.08 bits per heavy atom. The number of hydrazine groups is 1. The smallest absolute Gasteiger partial charge is 0.270 e. The molecule has 6 atom stereocenters. The zero-order chi connectivity index (χ0) is 16.6. The molecule has 6 rings (SSSR count). The molecule has 122 valence electrons. The molecule has 1 heterocycles. The van der Waals surface area contributed by atoms with E-state index in [0.717, 1.165) is 11.4 Å². The van der Waals surface area contributed by atoms with Crippen molar-refractivity contribution < 1.29 is 14.4 Å². The first-order chi connectivity index (χ1) is 11.6. The summed E-state index contributed by atoms with van der Waals surface area (Å²) in [6.07, 6.45) is 5.33. The predicted octanol–water partition coefficient (Wildman–Crippen LogP) is 2.04. The number of benzene rings is 1. The molecule has 24 heavy (non-hydrogen) atoms. The van der Waals surface area contributed by atoms with Crippen molar-refractivity contribution >= 4 is 29.3 Å². The van der Waals surface area contributed by atoms with E-state index in [-0.39, 0.29) is 35.5 Å². The van der Waals surface area contributed by atoms with Gasteiger partial charge >= 0.3 is 0 Å². The number of imide groups is 1. The van der Waals surface area contributed by atoms with Crippen molar-refractivity contribution in [2.75, 3.05) is 0 Å². The van der Waals surface area contributed by atoms with Crippen LogP contribution in [-0.2, 0) is 9.59 Å². The fourth-order valence-electron chi connectivity index (χ4n) is 4.86. The van der Waals surface area contributed by atoms with E-state index >= 15 is 0 Å². The van der Waals surface area contributed by atoms with Gasteiger partial charge in [-0.2, -0.15) is 5.01 Å². The number of allylic oxidation sites excluding steroid dienone is 2. The lowest BCUT2D eigenvalue weighted by Gasteiger charge is -2.37. The lowest BCUT2D eigenvalue weighted by atomic mass is 9.63. The summed E-state index contributed by atoms with van der Waals surface area (Å²) in [7, 11) is 0. The van der Waals surface area contributed by atoms with Crippen LogP contribution in [-0.4, -0.2) is 22.7 Å². The number of amides is 3. The maximum Gasteiger partial charge on any atom is 0.270 e. The average Bonchev–Trinajstić information content (AvgIpc) is 3.36. The van der Waals surface area contributed by atoms with Crippen molar-refractivity contribution in [1.29, 1.82) is 0 Å².